The number of rotatable bonds is 11. The van der Waals surface area contributed by atoms with Crippen LogP contribution >= 0.6 is 23.5 Å². The number of carbonyl (C=O) groups is 4. The van der Waals surface area contributed by atoms with Gasteiger partial charge in [-0.25, -0.2) is 14.5 Å². The number of aromatic nitrogens is 5. The Kier molecular flexibility index (Phi) is 8.26. The molecule has 3 amide bonds. The highest BCUT2D eigenvalue weighted by Crippen LogP contribution is 2.41. The molecule has 2 aliphatic rings. The summed E-state index contributed by atoms with van der Waals surface area (Å²) in [5.41, 5.74) is 0.335. The highest BCUT2D eigenvalue weighted by atomic mass is 32.2. The van der Waals surface area contributed by atoms with Gasteiger partial charge in [-0.2, -0.15) is 0 Å². The van der Waals surface area contributed by atoms with E-state index >= 15 is 0 Å². The topological polar surface area (TPSA) is 194 Å². The maximum Gasteiger partial charge on any atom is 0.352 e. The fourth-order valence-corrected chi connectivity index (χ4v) is 5.90. The minimum absolute atomic E-state index is 0.110. The summed E-state index contributed by atoms with van der Waals surface area (Å²) >= 11 is 2.59. The molecule has 4 heterocycles. The van der Waals surface area contributed by atoms with E-state index in [9.17, 15) is 24.3 Å². The highest BCUT2D eigenvalue weighted by Gasteiger charge is 2.54. The Bertz CT molecular complexity index is 1330. The van der Waals surface area contributed by atoms with Crippen molar-refractivity contribution in [1.82, 2.24) is 35.4 Å². The predicted octanol–water partition coefficient (Wildman–Crippen LogP) is -0.167. The number of thioether (sulfide) groups is 2. The van der Waals surface area contributed by atoms with Crippen LogP contribution in [0.4, 0.5) is 5.82 Å². The van der Waals surface area contributed by atoms with Crippen molar-refractivity contribution in [2.45, 2.75) is 36.5 Å². The normalized spacial score (nSPS) is 19.1. The van der Waals surface area contributed by atoms with Gasteiger partial charge in [0.15, 0.2) is 5.71 Å². The number of amides is 3. The second kappa shape index (κ2) is 11.6. The molecule has 200 valence electrons. The SMILES string of the molecule is CC(C)ON=C(C(=O)NC1C(=O)N2C(C(=O)O)=C(CSc3nnnn3C)CS[C@@H]12)c1cccc(NC=O)n1. The Morgan fingerprint density at radius 3 is 2.84 bits per heavy atom. The number of aryl methyl sites for hydroxylation is 1. The minimum Gasteiger partial charge on any atom is -0.477 e. The molecule has 1 unspecified atom stereocenters. The summed E-state index contributed by atoms with van der Waals surface area (Å²) in [4.78, 5) is 59.8. The Morgan fingerprint density at radius 1 is 1.39 bits per heavy atom. The Hall–Kier alpha value is -3.99. The average Bonchev–Trinajstić information content (AvgIpc) is 3.30. The number of fused-ring (bicyclic) bond motifs is 1. The van der Waals surface area contributed by atoms with Gasteiger partial charge in [0.2, 0.25) is 11.6 Å². The second-order valence-electron chi connectivity index (χ2n) is 8.26. The molecule has 15 nitrogen and oxygen atoms in total. The third kappa shape index (κ3) is 5.62. The first kappa shape index (κ1) is 27.1. The maximum absolute atomic E-state index is 13.2. The van der Waals surface area contributed by atoms with Crippen LogP contribution in [0.5, 0.6) is 0 Å². The molecule has 1 saturated heterocycles. The molecule has 3 N–H and O–H groups in total. The smallest absolute Gasteiger partial charge is 0.352 e. The van der Waals surface area contributed by atoms with Crippen LogP contribution in [0.2, 0.25) is 0 Å². The van der Waals surface area contributed by atoms with Gasteiger partial charge in [0, 0.05) is 18.6 Å². The summed E-state index contributed by atoms with van der Waals surface area (Å²) in [6, 6.07) is 3.61. The summed E-state index contributed by atoms with van der Waals surface area (Å²) in [5.74, 6) is -1.75. The highest BCUT2D eigenvalue weighted by molar-refractivity contribution is 8.01. The van der Waals surface area contributed by atoms with Crippen LogP contribution in [0.3, 0.4) is 0 Å². The summed E-state index contributed by atoms with van der Waals surface area (Å²) in [6.07, 6.45) is 0.0979. The molecule has 0 spiro atoms. The summed E-state index contributed by atoms with van der Waals surface area (Å²) in [7, 11) is 1.67. The zero-order valence-electron chi connectivity index (χ0n) is 20.4. The van der Waals surface area contributed by atoms with Crippen LogP contribution in [-0.2, 0) is 31.1 Å². The van der Waals surface area contributed by atoms with Crippen molar-refractivity contribution >= 4 is 59.2 Å². The minimum atomic E-state index is -1.24. The van der Waals surface area contributed by atoms with Gasteiger partial charge in [-0.05, 0) is 42.0 Å². The van der Waals surface area contributed by atoms with Gasteiger partial charge < -0.3 is 20.6 Å². The van der Waals surface area contributed by atoms with Gasteiger partial charge in [0.05, 0.1) is 0 Å². The fraction of sp³-hybridized carbons (Fsp3) is 0.381. The lowest BCUT2D eigenvalue weighted by Crippen LogP contribution is -2.71. The third-order valence-corrected chi connectivity index (χ3v) is 7.70. The lowest BCUT2D eigenvalue weighted by molar-refractivity contribution is -0.150. The largest absolute Gasteiger partial charge is 0.477 e. The molecule has 0 saturated carbocycles. The molecule has 0 aliphatic carbocycles. The molecule has 2 aromatic rings. The Labute approximate surface area is 224 Å². The lowest BCUT2D eigenvalue weighted by atomic mass is 10.0. The van der Waals surface area contributed by atoms with Crippen LogP contribution in [0.1, 0.15) is 19.5 Å². The molecule has 4 rings (SSSR count). The quantitative estimate of drug-likeness (QED) is 0.108. The van der Waals surface area contributed by atoms with E-state index in [1.54, 1.807) is 27.0 Å². The molecule has 2 aliphatic heterocycles. The number of nitrogens with one attached hydrogen (secondary N) is 2. The van der Waals surface area contributed by atoms with E-state index in [0.717, 1.165) is 0 Å². The van der Waals surface area contributed by atoms with Gasteiger partial charge in [0.1, 0.15) is 34.7 Å². The van der Waals surface area contributed by atoms with Gasteiger partial charge in [0.25, 0.3) is 11.8 Å². The van der Waals surface area contributed by atoms with Crippen LogP contribution < -0.4 is 10.6 Å². The summed E-state index contributed by atoms with van der Waals surface area (Å²) in [6.45, 7) is 3.44. The van der Waals surface area contributed by atoms with Crippen molar-refractivity contribution in [3.63, 3.8) is 0 Å². The van der Waals surface area contributed by atoms with Gasteiger partial charge >= 0.3 is 5.97 Å². The molecular weight excluding hydrogens is 538 g/mol. The fourth-order valence-electron chi connectivity index (χ4n) is 3.57. The number of oxime groups is 1. The molecule has 0 bridgehead atoms. The molecule has 38 heavy (non-hydrogen) atoms. The standard InChI is InChI=1S/C21H23N9O6S2/c1-10(2)36-26-14(12-5-4-6-13(23-12)22-9-31)17(32)24-15-18(33)30-16(20(34)35)11(7-37-19(15)30)8-38-21-25-27-28-29(21)3/h4-6,9-10,15,19H,7-8H2,1-3H3,(H,24,32)(H,34,35)(H,22,23,31)/t15?,19-/m0/s1. The number of aliphatic carboxylic acids is 1. The molecule has 0 radical (unpaired) electrons. The number of hydrogen-bond acceptors (Lipinski definition) is 12. The number of hydrogen-bond donors (Lipinski definition) is 3. The number of carboxylic acids is 1. The van der Waals surface area contributed by atoms with Crippen molar-refractivity contribution in [3.05, 3.63) is 35.2 Å². The van der Waals surface area contributed by atoms with Gasteiger partial charge in [-0.15, -0.1) is 16.9 Å². The van der Waals surface area contributed by atoms with Crippen LogP contribution in [-0.4, -0.2) is 94.1 Å². The number of carbonyl (C=O) groups excluding carboxylic acids is 3. The van der Waals surface area contributed by atoms with E-state index in [0.29, 0.717) is 22.9 Å². The zero-order chi connectivity index (χ0) is 27.4. The van der Waals surface area contributed by atoms with Crippen molar-refractivity contribution in [1.29, 1.82) is 0 Å². The van der Waals surface area contributed by atoms with Crippen molar-refractivity contribution in [2.24, 2.45) is 12.2 Å². The maximum atomic E-state index is 13.2. The Morgan fingerprint density at radius 2 is 2.18 bits per heavy atom. The van der Waals surface area contributed by atoms with E-state index in [-0.39, 0.29) is 34.8 Å². The number of nitrogens with zero attached hydrogens (tertiary/aromatic N) is 7. The number of anilines is 1. The molecule has 17 heteroatoms. The summed E-state index contributed by atoms with van der Waals surface area (Å²) < 4.78 is 1.46. The Balaban J connectivity index is 1.52. The average molecular weight is 562 g/mol. The van der Waals surface area contributed by atoms with E-state index in [1.165, 1.54) is 45.2 Å². The van der Waals surface area contributed by atoms with E-state index in [1.807, 2.05) is 0 Å². The molecule has 0 aromatic carbocycles. The number of β-lactam (4-membered cyclic amide) rings is 1. The monoisotopic (exact) mass is 561 g/mol. The van der Waals surface area contributed by atoms with E-state index < -0.39 is 29.2 Å². The summed E-state index contributed by atoms with van der Waals surface area (Å²) in [5, 5.41) is 29.9. The van der Waals surface area contributed by atoms with Crippen LogP contribution in [0, 0.1) is 0 Å². The predicted molar refractivity (Wildman–Crippen MR) is 136 cm³/mol. The molecule has 1 fully saturated rings. The molecule has 2 atom stereocenters. The van der Waals surface area contributed by atoms with Gasteiger partial charge in [-0.1, -0.05) is 23.0 Å². The number of carboxylic acid groups (broad SMARTS) is 1. The number of pyridine rings is 1. The third-order valence-electron chi connectivity index (χ3n) is 5.26. The van der Waals surface area contributed by atoms with Crippen LogP contribution in [0.15, 0.2) is 39.8 Å². The van der Waals surface area contributed by atoms with Crippen LogP contribution in [0.25, 0.3) is 0 Å². The first-order valence-electron chi connectivity index (χ1n) is 11.2. The van der Waals surface area contributed by atoms with E-state index in [4.69, 9.17) is 4.84 Å². The second-order valence-corrected chi connectivity index (χ2v) is 10.3. The van der Waals surface area contributed by atoms with E-state index in [2.05, 4.69) is 36.3 Å². The zero-order valence-corrected chi connectivity index (χ0v) is 22.0. The first-order valence-corrected chi connectivity index (χ1v) is 13.2. The van der Waals surface area contributed by atoms with Crippen molar-refractivity contribution in [3.8, 4) is 0 Å². The first-order chi connectivity index (χ1) is 18.2. The van der Waals surface area contributed by atoms with Crippen molar-refractivity contribution in [2.75, 3.05) is 16.8 Å². The van der Waals surface area contributed by atoms with Crippen molar-refractivity contribution < 1.29 is 29.1 Å². The molecule has 2 aromatic heterocycles. The lowest BCUT2D eigenvalue weighted by Gasteiger charge is -2.49. The molecular formula is C21H23N9O6S2. The number of tetrazole rings is 1. The van der Waals surface area contributed by atoms with Gasteiger partial charge in [-0.3, -0.25) is 19.3 Å².